The third-order valence-corrected chi connectivity index (χ3v) is 5.14. The molecular formula is C24H25NO3. The molecule has 28 heavy (non-hydrogen) atoms. The molecule has 1 heterocycles. The number of rotatable bonds is 6. The van der Waals surface area contributed by atoms with Crippen molar-refractivity contribution in [2.24, 2.45) is 0 Å². The van der Waals surface area contributed by atoms with Gasteiger partial charge in [-0.1, -0.05) is 42.5 Å². The summed E-state index contributed by atoms with van der Waals surface area (Å²) < 4.78 is 17.2. The minimum Gasteiger partial charge on any atom is -0.497 e. The molecule has 0 saturated heterocycles. The highest BCUT2D eigenvalue weighted by atomic mass is 16.5. The van der Waals surface area contributed by atoms with E-state index in [-0.39, 0.29) is 6.04 Å². The molecular weight excluding hydrogens is 350 g/mol. The first kappa shape index (κ1) is 18.4. The van der Waals surface area contributed by atoms with Crippen LogP contribution < -0.4 is 19.5 Å². The van der Waals surface area contributed by atoms with Crippen molar-refractivity contribution in [3.8, 4) is 17.2 Å². The Bertz CT molecular complexity index is 940. The SMILES string of the molecule is COc1cccc(C2NCCc3cc(OC)c(OCc4ccccc4)cc32)c1. The van der Waals surface area contributed by atoms with Crippen LogP contribution in [-0.2, 0) is 13.0 Å². The summed E-state index contributed by atoms with van der Waals surface area (Å²) in [6.07, 6.45) is 0.963. The molecule has 4 nitrogen and oxygen atoms in total. The minimum atomic E-state index is 0.101. The maximum atomic E-state index is 6.13. The minimum absolute atomic E-state index is 0.101. The van der Waals surface area contributed by atoms with E-state index in [1.807, 2.05) is 30.3 Å². The van der Waals surface area contributed by atoms with E-state index < -0.39 is 0 Å². The van der Waals surface area contributed by atoms with Crippen LogP contribution in [0.3, 0.4) is 0 Å². The van der Waals surface area contributed by atoms with Crippen molar-refractivity contribution < 1.29 is 14.2 Å². The largest absolute Gasteiger partial charge is 0.497 e. The Kier molecular flexibility index (Phi) is 5.49. The van der Waals surface area contributed by atoms with Crippen molar-refractivity contribution in [3.05, 3.63) is 89.0 Å². The molecule has 3 aromatic rings. The van der Waals surface area contributed by atoms with Crippen LogP contribution in [0.25, 0.3) is 0 Å². The van der Waals surface area contributed by atoms with Crippen molar-refractivity contribution in [1.82, 2.24) is 5.32 Å². The van der Waals surface area contributed by atoms with Crippen LogP contribution in [-0.4, -0.2) is 20.8 Å². The smallest absolute Gasteiger partial charge is 0.162 e. The monoisotopic (exact) mass is 375 g/mol. The maximum absolute atomic E-state index is 6.13. The van der Waals surface area contributed by atoms with Gasteiger partial charge in [0, 0.05) is 6.54 Å². The molecule has 1 N–H and O–H groups in total. The summed E-state index contributed by atoms with van der Waals surface area (Å²) in [5.74, 6) is 2.41. The second-order valence-electron chi connectivity index (χ2n) is 6.89. The zero-order chi connectivity index (χ0) is 19.3. The molecule has 4 heteroatoms. The lowest BCUT2D eigenvalue weighted by molar-refractivity contribution is 0.283. The van der Waals surface area contributed by atoms with Crippen molar-refractivity contribution in [2.45, 2.75) is 19.1 Å². The zero-order valence-corrected chi connectivity index (χ0v) is 16.3. The van der Waals surface area contributed by atoms with Crippen LogP contribution in [0.2, 0.25) is 0 Å². The lowest BCUT2D eigenvalue weighted by Gasteiger charge is -2.29. The third kappa shape index (κ3) is 3.82. The Morgan fingerprint density at radius 3 is 2.54 bits per heavy atom. The number of ether oxygens (including phenoxy) is 3. The second-order valence-corrected chi connectivity index (χ2v) is 6.89. The van der Waals surface area contributed by atoms with E-state index in [4.69, 9.17) is 14.2 Å². The molecule has 1 unspecified atom stereocenters. The van der Waals surface area contributed by atoms with E-state index >= 15 is 0 Å². The third-order valence-electron chi connectivity index (χ3n) is 5.14. The van der Waals surface area contributed by atoms with Crippen molar-refractivity contribution in [1.29, 1.82) is 0 Å². The molecule has 0 bridgehead atoms. The van der Waals surface area contributed by atoms with Crippen LogP contribution in [0, 0.1) is 0 Å². The predicted molar refractivity (Wildman–Crippen MR) is 110 cm³/mol. The molecule has 3 aromatic carbocycles. The number of fused-ring (bicyclic) bond motifs is 1. The van der Waals surface area contributed by atoms with E-state index in [0.29, 0.717) is 6.61 Å². The normalized spacial score (nSPS) is 15.6. The summed E-state index contributed by atoms with van der Waals surface area (Å²) in [4.78, 5) is 0. The van der Waals surface area contributed by atoms with Crippen LogP contribution in [0.15, 0.2) is 66.7 Å². The van der Waals surface area contributed by atoms with Gasteiger partial charge in [-0.25, -0.2) is 0 Å². The Morgan fingerprint density at radius 1 is 0.893 bits per heavy atom. The zero-order valence-electron chi connectivity index (χ0n) is 16.3. The lowest BCUT2D eigenvalue weighted by atomic mass is 9.89. The van der Waals surface area contributed by atoms with E-state index in [2.05, 4.69) is 41.7 Å². The van der Waals surface area contributed by atoms with Gasteiger partial charge in [-0.2, -0.15) is 0 Å². The van der Waals surface area contributed by atoms with Gasteiger partial charge >= 0.3 is 0 Å². The molecule has 0 aliphatic carbocycles. The highest BCUT2D eigenvalue weighted by Crippen LogP contribution is 2.38. The maximum Gasteiger partial charge on any atom is 0.162 e. The summed E-state index contributed by atoms with van der Waals surface area (Å²) >= 11 is 0. The summed E-state index contributed by atoms with van der Waals surface area (Å²) in [7, 11) is 3.39. The Balaban J connectivity index is 1.67. The average molecular weight is 375 g/mol. The molecule has 0 radical (unpaired) electrons. The van der Waals surface area contributed by atoms with Crippen molar-refractivity contribution in [2.75, 3.05) is 20.8 Å². The van der Waals surface area contributed by atoms with E-state index in [0.717, 1.165) is 35.8 Å². The molecule has 0 amide bonds. The number of methoxy groups -OCH3 is 2. The van der Waals surface area contributed by atoms with Gasteiger partial charge in [0.15, 0.2) is 11.5 Å². The first-order chi connectivity index (χ1) is 13.8. The quantitative estimate of drug-likeness (QED) is 0.688. The van der Waals surface area contributed by atoms with Gasteiger partial charge in [0.2, 0.25) is 0 Å². The van der Waals surface area contributed by atoms with Gasteiger partial charge < -0.3 is 19.5 Å². The number of hydrogen-bond acceptors (Lipinski definition) is 4. The van der Waals surface area contributed by atoms with Crippen LogP contribution in [0.4, 0.5) is 0 Å². The summed E-state index contributed by atoms with van der Waals surface area (Å²) in [5.41, 5.74) is 4.82. The summed E-state index contributed by atoms with van der Waals surface area (Å²) in [6.45, 7) is 1.43. The molecule has 4 rings (SSSR count). The van der Waals surface area contributed by atoms with Crippen molar-refractivity contribution in [3.63, 3.8) is 0 Å². The Labute approximate surface area is 166 Å². The van der Waals surface area contributed by atoms with Gasteiger partial charge in [0.25, 0.3) is 0 Å². The predicted octanol–water partition coefficient (Wildman–Crippen LogP) is 4.52. The van der Waals surface area contributed by atoms with Crippen LogP contribution in [0.5, 0.6) is 17.2 Å². The van der Waals surface area contributed by atoms with Gasteiger partial charge in [0.05, 0.1) is 20.3 Å². The average Bonchev–Trinajstić information content (AvgIpc) is 2.77. The van der Waals surface area contributed by atoms with Gasteiger partial charge in [-0.05, 0) is 52.9 Å². The van der Waals surface area contributed by atoms with Gasteiger partial charge in [0.1, 0.15) is 12.4 Å². The summed E-state index contributed by atoms with van der Waals surface area (Å²) in [5, 5.41) is 3.63. The molecule has 0 fully saturated rings. The fraction of sp³-hybridized carbons (Fsp3) is 0.250. The number of nitrogens with one attached hydrogen (secondary N) is 1. The van der Waals surface area contributed by atoms with E-state index in [9.17, 15) is 0 Å². The first-order valence-corrected chi connectivity index (χ1v) is 9.53. The molecule has 1 atom stereocenters. The fourth-order valence-electron chi connectivity index (χ4n) is 3.69. The topological polar surface area (TPSA) is 39.7 Å². The van der Waals surface area contributed by atoms with Crippen LogP contribution >= 0.6 is 0 Å². The fourth-order valence-corrected chi connectivity index (χ4v) is 3.69. The molecule has 1 aliphatic rings. The molecule has 1 aliphatic heterocycles. The Morgan fingerprint density at radius 2 is 1.75 bits per heavy atom. The van der Waals surface area contributed by atoms with E-state index in [1.165, 1.54) is 16.7 Å². The highest BCUT2D eigenvalue weighted by Gasteiger charge is 2.24. The van der Waals surface area contributed by atoms with Crippen LogP contribution in [0.1, 0.15) is 28.3 Å². The van der Waals surface area contributed by atoms with Gasteiger partial charge in [-0.3, -0.25) is 0 Å². The highest BCUT2D eigenvalue weighted by molar-refractivity contribution is 5.52. The van der Waals surface area contributed by atoms with Crippen molar-refractivity contribution >= 4 is 0 Å². The molecule has 144 valence electrons. The molecule has 0 saturated carbocycles. The lowest BCUT2D eigenvalue weighted by Crippen LogP contribution is -2.30. The molecule has 0 spiro atoms. The number of hydrogen-bond donors (Lipinski definition) is 1. The molecule has 0 aromatic heterocycles. The van der Waals surface area contributed by atoms with E-state index in [1.54, 1.807) is 14.2 Å². The van der Waals surface area contributed by atoms with Gasteiger partial charge in [-0.15, -0.1) is 0 Å². The number of benzene rings is 3. The first-order valence-electron chi connectivity index (χ1n) is 9.53. The second kappa shape index (κ2) is 8.36. The Hall–Kier alpha value is -2.98. The summed E-state index contributed by atoms with van der Waals surface area (Å²) in [6, 6.07) is 22.7. The standard InChI is InChI=1S/C24H25NO3/c1-26-20-10-6-9-19(13-20)24-21-15-23(28-16-17-7-4-3-5-8-17)22(27-2)14-18(21)11-12-25-24/h3-10,13-15,24-25H,11-12,16H2,1-2H3.